The maximum absolute atomic E-state index is 12.1. The summed E-state index contributed by atoms with van der Waals surface area (Å²) in [6.07, 6.45) is 2.04. The van der Waals surface area contributed by atoms with Gasteiger partial charge in [-0.15, -0.1) is 0 Å². The fraction of sp³-hybridized carbons (Fsp3) is 0.286. The molecule has 0 atom stereocenters. The van der Waals surface area contributed by atoms with Gasteiger partial charge in [-0.2, -0.15) is 5.26 Å². The van der Waals surface area contributed by atoms with Crippen LogP contribution in [0.5, 0.6) is 5.75 Å². The summed E-state index contributed by atoms with van der Waals surface area (Å²) in [5, 5.41) is 11.3. The molecule has 6 nitrogen and oxygen atoms in total. The predicted molar refractivity (Wildman–Crippen MR) is 100 cm³/mol. The molecule has 1 N–H and O–H groups in total. The first-order valence-corrected chi connectivity index (χ1v) is 8.78. The first-order valence-electron chi connectivity index (χ1n) is 8.78. The number of benzene rings is 2. The van der Waals surface area contributed by atoms with Gasteiger partial charge in [0.1, 0.15) is 18.9 Å². The summed E-state index contributed by atoms with van der Waals surface area (Å²) in [5.74, 6) is -0.181. The van der Waals surface area contributed by atoms with Gasteiger partial charge in [0.25, 0.3) is 5.91 Å². The Bertz CT molecular complexity index is 792. The maximum Gasteiger partial charge on any atom is 0.325 e. The topological polar surface area (TPSA) is 88.4 Å². The lowest BCUT2D eigenvalue weighted by Gasteiger charge is -2.08. The molecule has 0 saturated heterocycles. The molecule has 2 aromatic rings. The van der Waals surface area contributed by atoms with Crippen molar-refractivity contribution >= 4 is 11.9 Å². The summed E-state index contributed by atoms with van der Waals surface area (Å²) < 4.78 is 10.6. The lowest BCUT2D eigenvalue weighted by Crippen LogP contribution is -2.30. The van der Waals surface area contributed by atoms with E-state index < -0.39 is 5.97 Å². The number of esters is 1. The molecule has 0 fully saturated rings. The molecule has 0 unspecified atom stereocenters. The number of hydrogen-bond donors (Lipinski definition) is 1. The van der Waals surface area contributed by atoms with Crippen LogP contribution in [0.3, 0.4) is 0 Å². The lowest BCUT2D eigenvalue weighted by molar-refractivity contribution is -0.143. The number of unbranched alkanes of at least 4 members (excludes halogenated alkanes) is 1. The molecule has 0 heterocycles. The van der Waals surface area contributed by atoms with Gasteiger partial charge in [0.05, 0.1) is 18.2 Å². The smallest absolute Gasteiger partial charge is 0.325 e. The second-order valence-electron chi connectivity index (χ2n) is 5.88. The van der Waals surface area contributed by atoms with Gasteiger partial charge in [0.2, 0.25) is 0 Å². The van der Waals surface area contributed by atoms with Gasteiger partial charge in [-0.1, -0.05) is 25.5 Å². The molecule has 0 aliphatic rings. The molecule has 0 aromatic heterocycles. The predicted octanol–water partition coefficient (Wildman–Crippen LogP) is 3.21. The summed E-state index contributed by atoms with van der Waals surface area (Å²) in [6.45, 7) is 2.60. The lowest BCUT2D eigenvalue weighted by atomic mass is 10.2. The summed E-state index contributed by atoms with van der Waals surface area (Å²) in [5.41, 5.74) is 1.75. The number of ether oxygens (including phenoxy) is 2. The molecular formula is C21H22N2O4. The van der Waals surface area contributed by atoms with Gasteiger partial charge >= 0.3 is 5.97 Å². The van der Waals surface area contributed by atoms with Crippen molar-refractivity contribution < 1.29 is 19.1 Å². The van der Waals surface area contributed by atoms with Crippen molar-refractivity contribution in [3.05, 3.63) is 65.2 Å². The second kappa shape index (κ2) is 10.6. The number of rotatable bonds is 9. The number of amides is 1. The second-order valence-corrected chi connectivity index (χ2v) is 5.88. The molecule has 27 heavy (non-hydrogen) atoms. The van der Waals surface area contributed by atoms with Crippen LogP contribution in [0.15, 0.2) is 48.5 Å². The molecule has 1 amide bonds. The largest absolute Gasteiger partial charge is 0.494 e. The number of nitrogens with one attached hydrogen (secondary N) is 1. The summed E-state index contributed by atoms with van der Waals surface area (Å²) >= 11 is 0. The van der Waals surface area contributed by atoms with E-state index >= 15 is 0 Å². The van der Waals surface area contributed by atoms with Crippen molar-refractivity contribution in [3.8, 4) is 11.8 Å². The van der Waals surface area contributed by atoms with Crippen LogP contribution in [0.2, 0.25) is 0 Å². The van der Waals surface area contributed by atoms with Gasteiger partial charge in [-0.25, -0.2) is 0 Å². The van der Waals surface area contributed by atoms with E-state index in [9.17, 15) is 9.59 Å². The van der Waals surface area contributed by atoms with Gasteiger partial charge < -0.3 is 14.8 Å². The summed E-state index contributed by atoms with van der Waals surface area (Å²) in [7, 11) is 0. The molecule has 0 aliphatic carbocycles. The van der Waals surface area contributed by atoms with Crippen LogP contribution in [-0.4, -0.2) is 25.0 Å². The molecule has 2 rings (SSSR count). The zero-order chi connectivity index (χ0) is 19.5. The van der Waals surface area contributed by atoms with Crippen molar-refractivity contribution in [1.29, 1.82) is 5.26 Å². The SMILES string of the molecule is CCCCOc1ccc(C(=O)NCC(=O)OCc2ccc(C#N)cc2)cc1. The third kappa shape index (κ3) is 6.83. The van der Waals surface area contributed by atoms with Crippen LogP contribution >= 0.6 is 0 Å². The van der Waals surface area contributed by atoms with Crippen LogP contribution in [0.1, 0.15) is 41.3 Å². The van der Waals surface area contributed by atoms with E-state index in [0.717, 1.165) is 18.4 Å². The highest BCUT2D eigenvalue weighted by Gasteiger charge is 2.09. The van der Waals surface area contributed by atoms with E-state index in [4.69, 9.17) is 14.7 Å². The molecular weight excluding hydrogens is 344 g/mol. The minimum atomic E-state index is -0.535. The molecule has 140 valence electrons. The van der Waals surface area contributed by atoms with E-state index in [-0.39, 0.29) is 19.1 Å². The van der Waals surface area contributed by atoms with Crippen LogP contribution in [0.4, 0.5) is 0 Å². The Morgan fingerprint density at radius 2 is 1.78 bits per heavy atom. The average Bonchev–Trinajstić information content (AvgIpc) is 2.71. The molecule has 0 spiro atoms. The highest BCUT2D eigenvalue weighted by atomic mass is 16.5. The van der Waals surface area contributed by atoms with Gasteiger partial charge in [-0.3, -0.25) is 9.59 Å². The van der Waals surface area contributed by atoms with Crippen molar-refractivity contribution in [2.75, 3.05) is 13.2 Å². The average molecular weight is 366 g/mol. The maximum atomic E-state index is 12.1. The standard InChI is InChI=1S/C21H22N2O4/c1-2-3-12-26-19-10-8-18(9-11-19)21(25)23-14-20(24)27-15-17-6-4-16(13-22)5-7-17/h4-11H,2-3,12,14-15H2,1H3,(H,23,25). The van der Waals surface area contributed by atoms with Crippen LogP contribution in [-0.2, 0) is 16.1 Å². The number of carbonyl (C=O) groups is 2. The number of carbonyl (C=O) groups excluding carboxylic acids is 2. The minimum Gasteiger partial charge on any atom is -0.494 e. The molecule has 6 heteroatoms. The third-order valence-electron chi connectivity index (χ3n) is 3.76. The van der Waals surface area contributed by atoms with E-state index in [1.165, 1.54) is 0 Å². The zero-order valence-corrected chi connectivity index (χ0v) is 15.2. The highest BCUT2D eigenvalue weighted by molar-refractivity contribution is 5.96. The Morgan fingerprint density at radius 3 is 2.41 bits per heavy atom. The number of nitriles is 1. The van der Waals surface area contributed by atoms with Gasteiger partial charge in [0.15, 0.2) is 0 Å². The third-order valence-corrected chi connectivity index (χ3v) is 3.76. The Labute approximate surface area is 158 Å². The summed E-state index contributed by atoms with van der Waals surface area (Å²) in [4.78, 5) is 23.8. The monoisotopic (exact) mass is 366 g/mol. The summed E-state index contributed by atoms with van der Waals surface area (Å²) in [6, 6.07) is 15.5. The Morgan fingerprint density at radius 1 is 1.07 bits per heavy atom. The highest BCUT2D eigenvalue weighted by Crippen LogP contribution is 2.12. The van der Waals surface area contributed by atoms with Crippen molar-refractivity contribution in [2.24, 2.45) is 0 Å². The fourth-order valence-electron chi connectivity index (χ4n) is 2.18. The Kier molecular flexibility index (Phi) is 7.86. The number of hydrogen-bond acceptors (Lipinski definition) is 5. The molecule has 2 aromatic carbocycles. The zero-order valence-electron chi connectivity index (χ0n) is 15.2. The minimum absolute atomic E-state index is 0.0875. The Hall–Kier alpha value is -3.33. The van der Waals surface area contributed by atoms with E-state index in [1.54, 1.807) is 48.5 Å². The van der Waals surface area contributed by atoms with E-state index in [0.29, 0.717) is 23.5 Å². The number of nitrogens with zero attached hydrogens (tertiary/aromatic N) is 1. The molecule has 0 radical (unpaired) electrons. The molecule has 0 saturated carbocycles. The van der Waals surface area contributed by atoms with E-state index in [1.807, 2.05) is 6.07 Å². The molecule has 0 aliphatic heterocycles. The molecule has 0 bridgehead atoms. The quantitative estimate of drug-likeness (QED) is 0.544. The van der Waals surface area contributed by atoms with Gasteiger partial charge in [-0.05, 0) is 48.4 Å². The first kappa shape index (κ1) is 20.0. The van der Waals surface area contributed by atoms with Crippen molar-refractivity contribution in [1.82, 2.24) is 5.32 Å². The van der Waals surface area contributed by atoms with Crippen molar-refractivity contribution in [2.45, 2.75) is 26.4 Å². The van der Waals surface area contributed by atoms with Crippen LogP contribution in [0.25, 0.3) is 0 Å². The fourth-order valence-corrected chi connectivity index (χ4v) is 2.18. The van der Waals surface area contributed by atoms with Crippen LogP contribution in [0, 0.1) is 11.3 Å². The van der Waals surface area contributed by atoms with Gasteiger partial charge in [0, 0.05) is 5.56 Å². The first-order chi connectivity index (χ1) is 13.1. The van der Waals surface area contributed by atoms with E-state index in [2.05, 4.69) is 12.2 Å². The van der Waals surface area contributed by atoms with Crippen LogP contribution < -0.4 is 10.1 Å². The Balaban J connectivity index is 1.73. The van der Waals surface area contributed by atoms with Crippen molar-refractivity contribution in [3.63, 3.8) is 0 Å². The normalized spacial score (nSPS) is 9.93.